The second kappa shape index (κ2) is 13.5. The molecule has 1 aliphatic carbocycles. The van der Waals surface area contributed by atoms with Crippen molar-refractivity contribution in [2.75, 3.05) is 43.6 Å². The zero-order valence-corrected chi connectivity index (χ0v) is 22.6. The Morgan fingerprint density at radius 2 is 1.78 bits per heavy atom. The van der Waals surface area contributed by atoms with Crippen LogP contribution in [0.3, 0.4) is 0 Å². The highest BCUT2D eigenvalue weighted by Gasteiger charge is 2.35. The Bertz CT molecular complexity index is 1030. The van der Waals surface area contributed by atoms with E-state index in [0.29, 0.717) is 37.1 Å². The van der Waals surface area contributed by atoms with Gasteiger partial charge in [-0.25, -0.2) is 0 Å². The number of hydrogen-bond donors (Lipinski definition) is 2. The Balaban J connectivity index is 1.48. The first-order chi connectivity index (χ1) is 18.0. The Morgan fingerprint density at radius 3 is 2.49 bits per heavy atom. The molecule has 3 N–H and O–H groups in total. The first kappa shape index (κ1) is 27.8. The average molecular weight is 512 g/mol. The maximum Gasteiger partial charge on any atom is 0.253 e. The molecule has 0 spiro atoms. The molecule has 0 amide bonds. The molecule has 4 atom stereocenters. The van der Waals surface area contributed by atoms with Gasteiger partial charge < -0.3 is 25.4 Å². The molecular weight excluding hydrogens is 466 g/mol. The summed E-state index contributed by atoms with van der Waals surface area (Å²) in [7, 11) is 1.70. The number of methoxy groups -OCH3 is 1. The predicted octanol–water partition coefficient (Wildman–Crippen LogP) is 4.39. The van der Waals surface area contributed by atoms with Crippen molar-refractivity contribution >= 4 is 11.4 Å². The normalized spacial score (nSPS) is 21.6. The lowest BCUT2D eigenvalue weighted by Gasteiger charge is -2.39. The number of nitrogens with zero attached hydrogens (tertiary/aromatic N) is 1. The largest absolute Gasteiger partial charge is 0.385 e. The smallest absolute Gasteiger partial charge is 0.253 e. The molecule has 2 aromatic rings. The molecule has 0 radical (unpaired) electrons. The zero-order valence-electron chi connectivity index (χ0n) is 22.6. The van der Waals surface area contributed by atoms with Crippen LogP contribution in [0.2, 0.25) is 0 Å². The standard InChI is InChI=1S/C30H45N3O4/c1-21(31)25(19-22-11-5-3-6-12-22)32-26-27(29(35)28(26)34)33-16-9-15-24(20-33)30(37-18-10-17-36-2)23-13-7-4-8-14-23/h4,7-8,13-14,21-22,24-25,30,32H,3,5-6,9-12,15-20,31H2,1-2H3/t21-,24?,25-,30-/m0/s1. The maximum atomic E-state index is 12.8. The topological polar surface area (TPSA) is 93.9 Å². The molecule has 0 aromatic heterocycles. The first-order valence-corrected chi connectivity index (χ1v) is 14.3. The minimum Gasteiger partial charge on any atom is -0.385 e. The highest BCUT2D eigenvalue weighted by atomic mass is 16.5. The predicted molar refractivity (Wildman–Crippen MR) is 150 cm³/mol. The van der Waals surface area contributed by atoms with Gasteiger partial charge in [-0.15, -0.1) is 0 Å². The van der Waals surface area contributed by atoms with Crippen molar-refractivity contribution in [2.45, 2.75) is 82.9 Å². The van der Waals surface area contributed by atoms with Gasteiger partial charge in [0.05, 0.1) is 6.10 Å². The molecule has 7 heteroatoms. The summed E-state index contributed by atoms with van der Waals surface area (Å²) in [5.74, 6) is 0.857. The Morgan fingerprint density at radius 1 is 1.03 bits per heavy atom. The highest BCUT2D eigenvalue weighted by molar-refractivity contribution is 5.75. The van der Waals surface area contributed by atoms with Crippen LogP contribution in [0.1, 0.15) is 76.4 Å². The zero-order chi connectivity index (χ0) is 26.2. The summed E-state index contributed by atoms with van der Waals surface area (Å²) < 4.78 is 11.6. The second-order valence-electron chi connectivity index (χ2n) is 11.1. The molecule has 2 aromatic carbocycles. The van der Waals surface area contributed by atoms with Crippen LogP contribution < -0.4 is 26.8 Å². The van der Waals surface area contributed by atoms with Crippen molar-refractivity contribution < 1.29 is 9.47 Å². The molecular formula is C30H45N3O4. The molecule has 1 aliphatic heterocycles. The third-order valence-electron chi connectivity index (χ3n) is 8.28. The van der Waals surface area contributed by atoms with E-state index < -0.39 is 5.43 Å². The van der Waals surface area contributed by atoms with Crippen molar-refractivity contribution in [3.63, 3.8) is 0 Å². The monoisotopic (exact) mass is 511 g/mol. The van der Waals surface area contributed by atoms with E-state index in [2.05, 4.69) is 22.3 Å². The van der Waals surface area contributed by atoms with E-state index in [9.17, 15) is 9.59 Å². The third-order valence-corrected chi connectivity index (χ3v) is 8.28. The SMILES string of the molecule is COCCCO[C@@H](c1ccccc1)C1CCCN(c2c(N[C@@H](CC3CCCCC3)[C@H](C)N)c(=O)c2=O)C1. The molecule has 4 rings (SSSR count). The van der Waals surface area contributed by atoms with Crippen molar-refractivity contribution in [1.29, 1.82) is 0 Å². The molecule has 1 heterocycles. The van der Waals surface area contributed by atoms with Gasteiger partial charge in [0, 0.05) is 51.4 Å². The first-order valence-electron chi connectivity index (χ1n) is 14.3. The molecule has 204 valence electrons. The lowest BCUT2D eigenvalue weighted by molar-refractivity contribution is -0.00235. The second-order valence-corrected chi connectivity index (χ2v) is 11.1. The quantitative estimate of drug-likeness (QED) is 0.304. The molecule has 1 saturated carbocycles. The van der Waals surface area contributed by atoms with Crippen LogP contribution in [-0.2, 0) is 9.47 Å². The summed E-state index contributed by atoms with van der Waals surface area (Å²) in [6.07, 6.45) is 9.99. The molecule has 1 saturated heterocycles. The van der Waals surface area contributed by atoms with Crippen molar-refractivity contribution in [2.24, 2.45) is 17.6 Å². The van der Waals surface area contributed by atoms with Crippen molar-refractivity contribution in [3.8, 4) is 0 Å². The fraction of sp³-hybridized carbons (Fsp3) is 0.667. The van der Waals surface area contributed by atoms with Gasteiger partial charge >= 0.3 is 0 Å². The summed E-state index contributed by atoms with van der Waals surface area (Å²) in [4.78, 5) is 27.7. The molecule has 2 aliphatic rings. The van der Waals surface area contributed by atoms with Crippen LogP contribution in [0.15, 0.2) is 39.9 Å². The van der Waals surface area contributed by atoms with E-state index in [1.54, 1.807) is 7.11 Å². The number of hydrogen-bond acceptors (Lipinski definition) is 7. The summed E-state index contributed by atoms with van der Waals surface area (Å²) in [5, 5.41) is 3.45. The Labute approximate surface area is 221 Å². The van der Waals surface area contributed by atoms with Gasteiger partial charge in [-0.3, -0.25) is 9.59 Å². The van der Waals surface area contributed by atoms with Crippen LogP contribution in [0.4, 0.5) is 11.4 Å². The van der Waals surface area contributed by atoms with E-state index in [0.717, 1.165) is 37.8 Å². The summed E-state index contributed by atoms with van der Waals surface area (Å²) in [6, 6.07) is 10.2. The lowest BCUT2D eigenvalue weighted by atomic mass is 9.83. The van der Waals surface area contributed by atoms with Crippen molar-refractivity contribution in [1.82, 2.24) is 0 Å². The van der Waals surface area contributed by atoms with Gasteiger partial charge in [0.2, 0.25) is 0 Å². The number of anilines is 2. The van der Waals surface area contributed by atoms with Gasteiger partial charge in [0.25, 0.3) is 10.9 Å². The number of piperidine rings is 1. The fourth-order valence-electron chi connectivity index (χ4n) is 6.21. The van der Waals surface area contributed by atoms with E-state index >= 15 is 0 Å². The van der Waals surface area contributed by atoms with E-state index in [4.69, 9.17) is 15.2 Å². The summed E-state index contributed by atoms with van der Waals surface area (Å²) in [5.41, 5.74) is 7.76. The highest BCUT2D eigenvalue weighted by Crippen LogP contribution is 2.36. The van der Waals surface area contributed by atoms with Crippen LogP contribution in [0.5, 0.6) is 0 Å². The van der Waals surface area contributed by atoms with E-state index in [1.807, 2.05) is 25.1 Å². The number of ether oxygens (including phenoxy) is 2. The number of nitrogens with one attached hydrogen (secondary N) is 1. The third kappa shape index (κ3) is 7.01. The van der Waals surface area contributed by atoms with Crippen LogP contribution in [0, 0.1) is 11.8 Å². The number of rotatable bonds is 13. The van der Waals surface area contributed by atoms with Gasteiger partial charge in [-0.2, -0.15) is 0 Å². The minimum absolute atomic E-state index is 0.00748. The molecule has 1 unspecified atom stereocenters. The molecule has 0 bridgehead atoms. The number of nitrogens with two attached hydrogens (primary N) is 1. The molecule has 37 heavy (non-hydrogen) atoms. The van der Waals surface area contributed by atoms with Crippen LogP contribution >= 0.6 is 0 Å². The van der Waals surface area contributed by atoms with Crippen molar-refractivity contribution in [3.05, 3.63) is 56.3 Å². The van der Waals surface area contributed by atoms with Crippen LogP contribution in [0.25, 0.3) is 0 Å². The van der Waals surface area contributed by atoms with Gasteiger partial charge in [0.15, 0.2) is 0 Å². The average Bonchev–Trinajstić information content (AvgIpc) is 2.93. The van der Waals surface area contributed by atoms with E-state index in [1.165, 1.54) is 32.1 Å². The molecule has 7 nitrogen and oxygen atoms in total. The van der Waals surface area contributed by atoms with Crippen LogP contribution in [-0.4, -0.2) is 45.5 Å². The number of benzene rings is 1. The van der Waals surface area contributed by atoms with Gasteiger partial charge in [0.1, 0.15) is 11.4 Å². The fourth-order valence-corrected chi connectivity index (χ4v) is 6.21. The maximum absolute atomic E-state index is 12.8. The summed E-state index contributed by atoms with van der Waals surface area (Å²) >= 11 is 0. The van der Waals surface area contributed by atoms with Gasteiger partial charge in [-0.05, 0) is 44.1 Å². The Kier molecular flexibility index (Phi) is 10.2. The molecule has 2 fully saturated rings. The lowest BCUT2D eigenvalue weighted by Crippen LogP contribution is -2.50. The minimum atomic E-state index is -0.401. The van der Waals surface area contributed by atoms with E-state index in [-0.39, 0.29) is 29.5 Å². The Hall–Kier alpha value is -2.22. The summed E-state index contributed by atoms with van der Waals surface area (Å²) in [6.45, 7) is 4.74. The van der Waals surface area contributed by atoms with Gasteiger partial charge in [-0.1, -0.05) is 62.4 Å².